The molecule has 3 aliphatic rings. The van der Waals surface area contributed by atoms with Gasteiger partial charge in [0.1, 0.15) is 12.1 Å². The van der Waals surface area contributed by atoms with Crippen LogP contribution in [-0.2, 0) is 11.3 Å². The van der Waals surface area contributed by atoms with Crippen molar-refractivity contribution >= 4 is 45.5 Å². The van der Waals surface area contributed by atoms with E-state index in [9.17, 15) is 10.1 Å². The number of nitriles is 1. The lowest BCUT2D eigenvalue weighted by Crippen LogP contribution is -2.45. The monoisotopic (exact) mass is 664 g/mol. The second kappa shape index (κ2) is 12.9. The largest absolute Gasteiger partial charge is 0.476 e. The third kappa shape index (κ3) is 5.40. The molecule has 0 aliphatic carbocycles. The summed E-state index contributed by atoms with van der Waals surface area (Å²) < 4.78 is 25.8. The van der Waals surface area contributed by atoms with Crippen LogP contribution in [0.1, 0.15) is 67.3 Å². The Bertz CT molecular complexity index is 2100. The number of benzene rings is 2. The van der Waals surface area contributed by atoms with E-state index in [4.69, 9.17) is 21.3 Å². The molecule has 2 aromatic heterocycles. The molecule has 2 saturated heterocycles. The summed E-state index contributed by atoms with van der Waals surface area (Å²) in [5.41, 5.74) is 5.98. The fourth-order valence-corrected chi connectivity index (χ4v) is 8.13. The van der Waals surface area contributed by atoms with E-state index < -0.39 is 5.82 Å². The highest BCUT2D eigenvalue weighted by atomic mass is 35.5. The van der Waals surface area contributed by atoms with Gasteiger partial charge in [0.15, 0.2) is 5.82 Å². The molecular formula is C38H38ClFN6O2. The average Bonchev–Trinajstić information content (AvgIpc) is 3.82. The van der Waals surface area contributed by atoms with Gasteiger partial charge in [0.2, 0.25) is 5.88 Å². The maximum Gasteiger partial charge on any atom is 0.298 e. The topological polar surface area (TPSA) is 86.8 Å². The summed E-state index contributed by atoms with van der Waals surface area (Å²) in [5.74, 6) is 4.95. The zero-order valence-corrected chi connectivity index (χ0v) is 28.5. The van der Waals surface area contributed by atoms with Crippen molar-refractivity contribution in [3.8, 4) is 34.9 Å². The summed E-state index contributed by atoms with van der Waals surface area (Å²) in [4.78, 5) is 26.2. The fraction of sp³-hybridized carbons (Fsp3) is 0.421. The molecule has 3 aliphatic heterocycles. The van der Waals surface area contributed by atoms with Gasteiger partial charge in [-0.2, -0.15) is 5.26 Å². The highest BCUT2D eigenvalue weighted by Gasteiger charge is 2.34. The standard InChI is InChI=1S/C38H38ClFN6O2/c1-5-7-32(47)45-14-10-26(17-25(45)9-12-41)46-15-11-28-37(46)29-18-31(39)34(33-23(3)22(2)16-24-19-42-20-30(24)33)35(40)36(29)43-38(28)48-21-27-8-6-13-44(27)4/h11,15-16,18,20,25-27H,6,8-10,13-14,17,19,21H2,1-4H3/t25-,26+,27+/m1/s1. The zero-order valence-electron chi connectivity index (χ0n) is 27.7. The van der Waals surface area contributed by atoms with Gasteiger partial charge in [0, 0.05) is 53.6 Å². The molecule has 2 aromatic carbocycles. The van der Waals surface area contributed by atoms with Crippen LogP contribution >= 0.6 is 11.6 Å². The molecule has 5 heterocycles. The lowest BCUT2D eigenvalue weighted by molar-refractivity contribution is -0.129. The number of carbonyl (C=O) groups excluding carboxylic acids is 1. The number of aryl methyl sites for hydroxylation is 1. The molecule has 0 radical (unpaired) electrons. The van der Waals surface area contributed by atoms with Crippen molar-refractivity contribution in [2.75, 3.05) is 26.7 Å². The molecule has 48 heavy (non-hydrogen) atoms. The van der Waals surface area contributed by atoms with Crippen LogP contribution in [0, 0.1) is 42.8 Å². The quantitative estimate of drug-likeness (QED) is 0.205. The molecule has 0 unspecified atom stereocenters. The van der Waals surface area contributed by atoms with E-state index in [2.05, 4.69) is 45.5 Å². The third-order valence-electron chi connectivity index (χ3n) is 10.5. The first kappa shape index (κ1) is 32.1. The van der Waals surface area contributed by atoms with Crippen molar-refractivity contribution in [2.45, 2.75) is 77.5 Å². The number of pyridine rings is 1. The van der Waals surface area contributed by atoms with E-state index in [0.717, 1.165) is 58.1 Å². The number of hydrogen-bond acceptors (Lipinski definition) is 6. The smallest absolute Gasteiger partial charge is 0.298 e. The number of piperidine rings is 1. The minimum atomic E-state index is -0.493. The van der Waals surface area contributed by atoms with Crippen molar-refractivity contribution in [2.24, 2.45) is 4.99 Å². The predicted octanol–water partition coefficient (Wildman–Crippen LogP) is 7.14. The Labute approximate surface area is 285 Å². The minimum Gasteiger partial charge on any atom is -0.476 e. The second-order valence-corrected chi connectivity index (χ2v) is 13.6. The molecule has 0 spiro atoms. The summed E-state index contributed by atoms with van der Waals surface area (Å²) in [6.45, 7) is 8.13. The van der Waals surface area contributed by atoms with Crippen LogP contribution in [0.3, 0.4) is 0 Å². The molecule has 7 rings (SSSR count). The number of likely N-dealkylation sites (N-methyl/N-ethyl adjacent to an activating group) is 1. The number of nitrogens with zero attached hydrogens (tertiary/aromatic N) is 6. The molecule has 1 amide bonds. The number of fused-ring (bicyclic) bond motifs is 4. The maximum atomic E-state index is 17.2. The van der Waals surface area contributed by atoms with Crippen molar-refractivity contribution in [3.05, 3.63) is 57.5 Å². The summed E-state index contributed by atoms with van der Waals surface area (Å²) >= 11 is 7.07. The number of ether oxygens (including phenoxy) is 1. The van der Waals surface area contributed by atoms with E-state index in [0.29, 0.717) is 54.4 Å². The van der Waals surface area contributed by atoms with Crippen LogP contribution in [0.15, 0.2) is 29.4 Å². The van der Waals surface area contributed by atoms with Gasteiger partial charge in [-0.1, -0.05) is 23.6 Å². The molecule has 10 heteroatoms. The Morgan fingerprint density at radius 3 is 2.75 bits per heavy atom. The van der Waals surface area contributed by atoms with Gasteiger partial charge in [-0.25, -0.2) is 9.37 Å². The summed E-state index contributed by atoms with van der Waals surface area (Å²) in [5, 5.41) is 11.3. The highest BCUT2D eigenvalue weighted by Crippen LogP contribution is 2.45. The number of aliphatic imine (C=N–C) groups is 1. The van der Waals surface area contributed by atoms with E-state index in [-0.39, 0.29) is 36.0 Å². The SMILES string of the molecule is CC#CC(=O)N1CC[C@H](n2ccc3c(OC[C@@H]4CCCN4C)nc4c(F)c(-c5c(C)c(C)cc6c5C=NC6)c(Cl)cc4c32)C[C@H]1CC#N. The molecular weight excluding hydrogens is 627 g/mol. The second-order valence-electron chi connectivity index (χ2n) is 13.2. The lowest BCUT2D eigenvalue weighted by atomic mass is 9.88. The van der Waals surface area contributed by atoms with Crippen molar-refractivity contribution < 1.29 is 13.9 Å². The van der Waals surface area contributed by atoms with Crippen LogP contribution < -0.4 is 4.74 Å². The predicted molar refractivity (Wildman–Crippen MR) is 187 cm³/mol. The van der Waals surface area contributed by atoms with Crippen LogP contribution in [0.5, 0.6) is 5.88 Å². The van der Waals surface area contributed by atoms with Gasteiger partial charge >= 0.3 is 0 Å². The fourth-order valence-electron chi connectivity index (χ4n) is 7.84. The van der Waals surface area contributed by atoms with E-state index in [1.165, 1.54) is 0 Å². The molecule has 8 nitrogen and oxygen atoms in total. The molecule has 2 fully saturated rings. The molecule has 0 saturated carbocycles. The number of halogens is 2. The Morgan fingerprint density at radius 2 is 2.00 bits per heavy atom. The lowest BCUT2D eigenvalue weighted by Gasteiger charge is -2.38. The molecule has 246 valence electrons. The number of aromatic nitrogens is 2. The average molecular weight is 665 g/mol. The van der Waals surface area contributed by atoms with Crippen molar-refractivity contribution in [1.29, 1.82) is 5.26 Å². The molecule has 3 atom stereocenters. The Kier molecular flexibility index (Phi) is 8.62. The Balaban J connectivity index is 1.40. The molecule has 0 bridgehead atoms. The Morgan fingerprint density at radius 1 is 1.17 bits per heavy atom. The van der Waals surface area contributed by atoms with E-state index in [1.807, 2.05) is 38.4 Å². The Hall–Kier alpha value is -4.44. The van der Waals surface area contributed by atoms with E-state index >= 15 is 4.39 Å². The van der Waals surface area contributed by atoms with Gasteiger partial charge in [-0.15, -0.1) is 0 Å². The zero-order chi connectivity index (χ0) is 33.7. The highest BCUT2D eigenvalue weighted by molar-refractivity contribution is 6.35. The van der Waals surface area contributed by atoms with Gasteiger partial charge in [-0.05, 0) is 100 Å². The van der Waals surface area contributed by atoms with Gasteiger partial charge in [0.05, 0.1) is 35.0 Å². The number of likely N-dealkylation sites (tertiary alicyclic amines) is 2. The first-order valence-electron chi connectivity index (χ1n) is 16.6. The number of amides is 1. The van der Waals surface area contributed by atoms with Crippen molar-refractivity contribution in [1.82, 2.24) is 19.4 Å². The van der Waals surface area contributed by atoms with Crippen molar-refractivity contribution in [3.63, 3.8) is 0 Å². The first-order chi connectivity index (χ1) is 23.2. The molecule has 0 N–H and O–H groups in total. The van der Waals surface area contributed by atoms with Gasteiger partial charge in [-0.3, -0.25) is 9.79 Å². The number of hydrogen-bond donors (Lipinski definition) is 0. The first-order valence-corrected chi connectivity index (χ1v) is 17.0. The van der Waals surface area contributed by atoms with Crippen LogP contribution in [-0.4, -0.2) is 70.3 Å². The van der Waals surface area contributed by atoms with Crippen LogP contribution in [0.2, 0.25) is 5.02 Å². The van der Waals surface area contributed by atoms with Gasteiger partial charge < -0.3 is 19.1 Å². The number of carbonyl (C=O) groups is 1. The molecule has 4 aromatic rings. The summed E-state index contributed by atoms with van der Waals surface area (Å²) in [7, 11) is 2.10. The van der Waals surface area contributed by atoms with Crippen LogP contribution in [0.4, 0.5) is 4.39 Å². The summed E-state index contributed by atoms with van der Waals surface area (Å²) in [6.07, 6.45) is 7.35. The summed E-state index contributed by atoms with van der Waals surface area (Å²) in [6, 6.07) is 8.08. The normalized spacial score (nSPS) is 20.6. The third-order valence-corrected chi connectivity index (χ3v) is 10.8. The van der Waals surface area contributed by atoms with Gasteiger partial charge in [0.25, 0.3) is 5.91 Å². The van der Waals surface area contributed by atoms with Crippen LogP contribution in [0.25, 0.3) is 32.9 Å². The number of rotatable bonds is 6. The van der Waals surface area contributed by atoms with E-state index in [1.54, 1.807) is 11.8 Å². The maximum absolute atomic E-state index is 17.2. The minimum absolute atomic E-state index is 0.0566.